The van der Waals surface area contributed by atoms with Gasteiger partial charge in [-0.25, -0.2) is 0 Å². The number of nitrogens with two attached hydrogens (primary N) is 1. The molecule has 1 amide bonds. The average Bonchev–Trinajstić information content (AvgIpc) is 3.09. The topological polar surface area (TPSA) is 96.4 Å². The first-order valence-electron chi connectivity index (χ1n) is 8.28. The maximum absolute atomic E-state index is 12.9. The highest BCUT2D eigenvalue weighted by Crippen LogP contribution is 2.25. The summed E-state index contributed by atoms with van der Waals surface area (Å²) in [5, 5.41) is 9.16. The van der Waals surface area contributed by atoms with Gasteiger partial charge in [0.25, 0.3) is 0 Å². The standard InChI is InChI=1S/C18H25N3O3S/c1-18(2,16(20)17(22)21-10-4-5-14(21)11-19)25(23)12-13-6-8-15(24-3)9-7-13/h6-9,14,16H,4-5,10,12,20H2,1-3H3/t14-,16+,25?/m0/s1. The van der Waals surface area contributed by atoms with Crippen LogP contribution >= 0.6 is 0 Å². The highest BCUT2D eigenvalue weighted by molar-refractivity contribution is 7.85. The first-order valence-corrected chi connectivity index (χ1v) is 9.60. The maximum atomic E-state index is 12.9. The second kappa shape index (κ2) is 7.98. The van der Waals surface area contributed by atoms with E-state index in [0.717, 1.165) is 17.7 Å². The number of methoxy groups -OCH3 is 1. The van der Waals surface area contributed by atoms with Gasteiger partial charge in [-0.15, -0.1) is 0 Å². The highest BCUT2D eigenvalue weighted by atomic mass is 32.2. The number of nitrogens with zero attached hydrogens (tertiary/aromatic N) is 2. The van der Waals surface area contributed by atoms with Crippen LogP contribution in [0.5, 0.6) is 5.75 Å². The molecule has 2 rings (SSSR count). The second-order valence-electron chi connectivity index (χ2n) is 6.74. The van der Waals surface area contributed by atoms with Gasteiger partial charge in [0.1, 0.15) is 17.8 Å². The molecule has 25 heavy (non-hydrogen) atoms. The van der Waals surface area contributed by atoms with E-state index in [-0.39, 0.29) is 5.91 Å². The molecule has 1 aliphatic rings. The van der Waals surface area contributed by atoms with Crippen LogP contribution < -0.4 is 10.5 Å². The quantitative estimate of drug-likeness (QED) is 0.827. The van der Waals surface area contributed by atoms with Gasteiger partial charge in [-0.1, -0.05) is 12.1 Å². The molecule has 0 aliphatic carbocycles. The first-order chi connectivity index (χ1) is 11.8. The molecule has 0 radical (unpaired) electrons. The molecule has 0 aromatic heterocycles. The number of hydrogen-bond acceptors (Lipinski definition) is 5. The Morgan fingerprint density at radius 1 is 1.48 bits per heavy atom. The van der Waals surface area contributed by atoms with Gasteiger partial charge in [-0.3, -0.25) is 9.00 Å². The minimum Gasteiger partial charge on any atom is -0.497 e. The Morgan fingerprint density at radius 3 is 2.68 bits per heavy atom. The van der Waals surface area contributed by atoms with Crippen molar-refractivity contribution < 1.29 is 13.7 Å². The molecule has 1 saturated heterocycles. The maximum Gasteiger partial charge on any atom is 0.242 e. The first kappa shape index (κ1) is 19.4. The molecular weight excluding hydrogens is 338 g/mol. The number of ether oxygens (including phenoxy) is 1. The van der Waals surface area contributed by atoms with Crippen molar-refractivity contribution >= 4 is 16.7 Å². The van der Waals surface area contributed by atoms with Crippen LogP contribution in [0.25, 0.3) is 0 Å². The van der Waals surface area contributed by atoms with Crippen molar-refractivity contribution in [3.8, 4) is 11.8 Å². The van der Waals surface area contributed by atoms with Crippen LogP contribution in [0.3, 0.4) is 0 Å². The number of hydrogen-bond donors (Lipinski definition) is 1. The van der Waals surface area contributed by atoms with E-state index < -0.39 is 27.6 Å². The number of benzene rings is 1. The summed E-state index contributed by atoms with van der Waals surface area (Å²) in [5.74, 6) is 0.744. The molecule has 1 aromatic carbocycles. The molecule has 7 heteroatoms. The minimum atomic E-state index is -1.35. The molecule has 0 saturated carbocycles. The predicted octanol–water partition coefficient (Wildman–Crippen LogP) is 1.56. The van der Waals surface area contributed by atoms with Crippen molar-refractivity contribution in [2.45, 2.75) is 49.3 Å². The van der Waals surface area contributed by atoms with Crippen molar-refractivity contribution in [3.63, 3.8) is 0 Å². The van der Waals surface area contributed by atoms with Crippen LogP contribution in [0.4, 0.5) is 0 Å². The molecule has 1 unspecified atom stereocenters. The lowest BCUT2D eigenvalue weighted by atomic mass is 10.0. The number of likely N-dealkylation sites (tertiary alicyclic amines) is 1. The molecule has 0 bridgehead atoms. The molecule has 1 aromatic rings. The van der Waals surface area contributed by atoms with E-state index in [1.807, 2.05) is 24.3 Å². The fraction of sp³-hybridized carbons (Fsp3) is 0.556. The monoisotopic (exact) mass is 363 g/mol. The fourth-order valence-electron chi connectivity index (χ4n) is 2.84. The van der Waals surface area contributed by atoms with Crippen molar-refractivity contribution in [3.05, 3.63) is 29.8 Å². The largest absolute Gasteiger partial charge is 0.497 e. The molecule has 3 atom stereocenters. The summed E-state index contributed by atoms with van der Waals surface area (Å²) in [6, 6.07) is 8.13. The van der Waals surface area contributed by atoms with E-state index >= 15 is 0 Å². The fourth-order valence-corrected chi connectivity index (χ4v) is 4.09. The van der Waals surface area contributed by atoms with Crippen molar-refractivity contribution in [2.24, 2.45) is 5.73 Å². The van der Waals surface area contributed by atoms with E-state index in [1.165, 1.54) is 4.90 Å². The smallest absolute Gasteiger partial charge is 0.242 e. The summed E-state index contributed by atoms with van der Waals surface area (Å²) in [6.07, 6.45) is 1.47. The lowest BCUT2D eigenvalue weighted by Crippen LogP contribution is -2.57. The predicted molar refractivity (Wildman–Crippen MR) is 97.2 cm³/mol. The number of carbonyl (C=O) groups is 1. The third-order valence-corrected chi connectivity index (χ3v) is 6.77. The summed E-state index contributed by atoms with van der Waals surface area (Å²) in [4.78, 5) is 14.2. The highest BCUT2D eigenvalue weighted by Gasteiger charge is 2.42. The van der Waals surface area contributed by atoms with Gasteiger partial charge in [-0.05, 0) is 44.4 Å². The molecule has 1 fully saturated rings. The van der Waals surface area contributed by atoms with Gasteiger partial charge in [0, 0.05) is 23.1 Å². The Labute approximate surface area is 151 Å². The summed E-state index contributed by atoms with van der Waals surface area (Å²) in [6.45, 7) is 4.02. The van der Waals surface area contributed by atoms with Crippen molar-refractivity contribution in [2.75, 3.05) is 13.7 Å². The SMILES string of the molecule is COc1ccc(CS(=O)C(C)(C)[C@H](N)C(=O)N2CCC[C@H]2C#N)cc1. The number of rotatable bonds is 6. The van der Waals surface area contributed by atoms with Crippen LogP contribution in [0, 0.1) is 11.3 Å². The third-order valence-electron chi connectivity index (χ3n) is 4.74. The zero-order chi connectivity index (χ0) is 18.6. The van der Waals surface area contributed by atoms with E-state index in [1.54, 1.807) is 21.0 Å². The van der Waals surface area contributed by atoms with Crippen molar-refractivity contribution in [1.82, 2.24) is 4.90 Å². The Morgan fingerprint density at radius 2 is 2.12 bits per heavy atom. The van der Waals surface area contributed by atoms with Gasteiger partial charge in [0.15, 0.2) is 0 Å². The Hall–Kier alpha value is -1.91. The summed E-state index contributed by atoms with van der Waals surface area (Å²) < 4.78 is 17.1. The summed E-state index contributed by atoms with van der Waals surface area (Å²) in [7, 11) is 0.241. The second-order valence-corrected chi connectivity index (χ2v) is 8.77. The van der Waals surface area contributed by atoms with Gasteiger partial charge in [-0.2, -0.15) is 5.26 Å². The lowest BCUT2D eigenvalue weighted by molar-refractivity contribution is -0.133. The molecule has 1 heterocycles. The van der Waals surface area contributed by atoms with Crippen molar-refractivity contribution in [1.29, 1.82) is 5.26 Å². The zero-order valence-electron chi connectivity index (χ0n) is 14.9. The van der Waals surface area contributed by atoms with E-state index in [2.05, 4.69) is 6.07 Å². The van der Waals surface area contributed by atoms with Gasteiger partial charge in [0.2, 0.25) is 5.91 Å². The molecule has 6 nitrogen and oxygen atoms in total. The van der Waals surface area contributed by atoms with E-state index in [0.29, 0.717) is 18.7 Å². The Bertz CT molecular complexity index is 682. The third kappa shape index (κ3) is 4.20. The van der Waals surface area contributed by atoms with Crippen LogP contribution in [-0.4, -0.2) is 45.5 Å². The van der Waals surface area contributed by atoms with Crippen LogP contribution in [0.1, 0.15) is 32.3 Å². The lowest BCUT2D eigenvalue weighted by Gasteiger charge is -2.33. The van der Waals surface area contributed by atoms with Gasteiger partial charge >= 0.3 is 0 Å². The molecule has 136 valence electrons. The van der Waals surface area contributed by atoms with Gasteiger partial charge < -0.3 is 15.4 Å². The number of carbonyl (C=O) groups excluding carboxylic acids is 1. The summed E-state index contributed by atoms with van der Waals surface area (Å²) in [5.41, 5.74) is 7.07. The van der Waals surface area contributed by atoms with Crippen LogP contribution in [-0.2, 0) is 21.3 Å². The van der Waals surface area contributed by atoms with Crippen LogP contribution in [0.2, 0.25) is 0 Å². The zero-order valence-corrected chi connectivity index (χ0v) is 15.7. The molecule has 2 N–H and O–H groups in total. The average molecular weight is 363 g/mol. The normalized spacial score (nSPS) is 20.0. The Kier molecular flexibility index (Phi) is 6.20. The minimum absolute atomic E-state index is 0.294. The van der Waals surface area contributed by atoms with E-state index in [4.69, 9.17) is 15.7 Å². The van der Waals surface area contributed by atoms with E-state index in [9.17, 15) is 9.00 Å². The Balaban J connectivity index is 2.08. The number of nitriles is 1. The summed E-state index contributed by atoms with van der Waals surface area (Å²) >= 11 is 0. The van der Waals surface area contributed by atoms with Crippen LogP contribution in [0.15, 0.2) is 24.3 Å². The van der Waals surface area contributed by atoms with Gasteiger partial charge in [0.05, 0.1) is 17.9 Å². The molecule has 0 spiro atoms. The molecular formula is C18H25N3O3S. The number of amides is 1. The molecule has 1 aliphatic heterocycles.